The molecule has 42 heavy (non-hydrogen) atoms. The van der Waals surface area contributed by atoms with Gasteiger partial charge in [0.05, 0.1) is 6.20 Å². The molecule has 11 heteroatoms. The van der Waals surface area contributed by atoms with E-state index in [0.29, 0.717) is 59.6 Å². The van der Waals surface area contributed by atoms with Crippen LogP contribution in [-0.2, 0) is 11.2 Å². The molecular formula is C31H34ClN7O3. The maximum atomic E-state index is 13.1. The number of likely N-dealkylation sites (tertiary alicyclic amines) is 1. The Balaban J connectivity index is 1.08. The highest BCUT2D eigenvalue weighted by atomic mass is 35.5. The van der Waals surface area contributed by atoms with Crippen LogP contribution in [0.15, 0.2) is 58.9 Å². The maximum absolute atomic E-state index is 13.1. The molecule has 1 fully saturated rings. The monoisotopic (exact) mass is 587 g/mol. The SMILES string of the molecule is Cc1cc(C(=O)N2CCC(CCC(=O)Nc3ccc4cc3CCC3C=CC=C(C3)Nc3ncc(Cl)c(n3)N4)CC2)no1. The number of anilines is 4. The lowest BCUT2D eigenvalue weighted by Gasteiger charge is -2.31. The summed E-state index contributed by atoms with van der Waals surface area (Å²) >= 11 is 6.40. The van der Waals surface area contributed by atoms with Gasteiger partial charge in [0.2, 0.25) is 11.9 Å². The third-order valence-electron chi connectivity index (χ3n) is 8.13. The predicted molar refractivity (Wildman–Crippen MR) is 162 cm³/mol. The Labute approximate surface area is 249 Å². The number of rotatable bonds is 5. The van der Waals surface area contributed by atoms with E-state index in [9.17, 15) is 9.59 Å². The Morgan fingerprint density at radius 1 is 1.17 bits per heavy atom. The van der Waals surface area contributed by atoms with Crippen LogP contribution < -0.4 is 16.0 Å². The first-order valence-electron chi connectivity index (χ1n) is 14.5. The average molecular weight is 588 g/mol. The number of carbonyl (C=O) groups excluding carboxylic acids is 2. The molecule has 218 valence electrons. The quantitative estimate of drug-likeness (QED) is 0.319. The van der Waals surface area contributed by atoms with Crippen LogP contribution in [0, 0.1) is 18.8 Å². The third-order valence-corrected chi connectivity index (χ3v) is 8.41. The molecule has 3 aliphatic rings. The maximum Gasteiger partial charge on any atom is 0.276 e. The van der Waals surface area contributed by atoms with Crippen molar-refractivity contribution in [3.63, 3.8) is 0 Å². The number of aryl methyl sites for hydroxylation is 2. The Morgan fingerprint density at radius 3 is 2.83 bits per heavy atom. The van der Waals surface area contributed by atoms with Gasteiger partial charge in [-0.3, -0.25) is 9.59 Å². The van der Waals surface area contributed by atoms with Crippen LogP contribution >= 0.6 is 11.6 Å². The standard InChI is InChI=1S/C31H34ClN7O3/c1-19-15-27(38-42-19)30(41)39-13-11-20(12-14-39)6-10-28(40)36-26-9-8-24-17-22(26)7-5-21-3-2-4-23(16-21)35-31-33-18-25(32)29(34-24)37-31/h2-4,8-9,15,17-18,20-21H,5-7,10-14,16H2,1H3,(H,36,40)(H2,33,34,35,37). The van der Waals surface area contributed by atoms with Crippen LogP contribution in [0.3, 0.4) is 0 Å². The van der Waals surface area contributed by atoms with E-state index in [0.717, 1.165) is 61.2 Å². The number of amides is 2. The zero-order valence-corrected chi connectivity index (χ0v) is 24.3. The molecule has 6 bridgehead atoms. The van der Waals surface area contributed by atoms with E-state index in [4.69, 9.17) is 16.1 Å². The highest BCUT2D eigenvalue weighted by Crippen LogP contribution is 2.32. The molecule has 1 atom stereocenters. The molecule has 2 amide bonds. The van der Waals surface area contributed by atoms with Gasteiger partial charge in [0, 0.05) is 42.6 Å². The lowest BCUT2D eigenvalue weighted by Crippen LogP contribution is -2.38. The Kier molecular flexibility index (Phi) is 8.23. The summed E-state index contributed by atoms with van der Waals surface area (Å²) in [5.74, 6) is 2.30. The number of allylic oxidation sites excluding steroid dienone is 4. The molecule has 2 aliphatic heterocycles. The highest BCUT2D eigenvalue weighted by molar-refractivity contribution is 6.32. The van der Waals surface area contributed by atoms with Crippen molar-refractivity contribution in [2.45, 2.75) is 51.9 Å². The first kappa shape index (κ1) is 28.0. The molecule has 1 aromatic carbocycles. The molecule has 2 aromatic heterocycles. The molecule has 3 N–H and O–H groups in total. The molecule has 4 heterocycles. The lowest BCUT2D eigenvalue weighted by molar-refractivity contribution is -0.116. The summed E-state index contributed by atoms with van der Waals surface area (Å²) < 4.78 is 5.05. The fraction of sp³-hybridized carbons (Fsp3) is 0.387. The molecule has 3 aromatic rings. The van der Waals surface area contributed by atoms with E-state index in [2.05, 4.69) is 49.3 Å². The molecule has 0 spiro atoms. The number of aromatic nitrogens is 3. The Bertz CT molecular complexity index is 1540. The zero-order valence-electron chi connectivity index (χ0n) is 23.5. The van der Waals surface area contributed by atoms with Gasteiger partial charge in [-0.2, -0.15) is 4.98 Å². The van der Waals surface area contributed by atoms with Crippen molar-refractivity contribution in [1.29, 1.82) is 0 Å². The number of piperidine rings is 1. The van der Waals surface area contributed by atoms with Gasteiger partial charge < -0.3 is 25.4 Å². The number of halogens is 1. The summed E-state index contributed by atoms with van der Waals surface area (Å²) in [5.41, 5.74) is 4.14. The van der Waals surface area contributed by atoms with Crippen LogP contribution in [0.4, 0.5) is 23.1 Å². The van der Waals surface area contributed by atoms with Gasteiger partial charge in [-0.15, -0.1) is 0 Å². The van der Waals surface area contributed by atoms with Crippen LogP contribution in [0.25, 0.3) is 0 Å². The fourth-order valence-electron chi connectivity index (χ4n) is 5.78. The topological polar surface area (TPSA) is 125 Å². The Morgan fingerprint density at radius 2 is 2.02 bits per heavy atom. The summed E-state index contributed by atoms with van der Waals surface area (Å²) in [7, 11) is 0. The van der Waals surface area contributed by atoms with Gasteiger partial charge >= 0.3 is 0 Å². The smallest absolute Gasteiger partial charge is 0.276 e. The van der Waals surface area contributed by atoms with Crippen LogP contribution in [0.1, 0.15) is 60.3 Å². The summed E-state index contributed by atoms with van der Waals surface area (Å²) in [6.07, 6.45) is 13.5. The van der Waals surface area contributed by atoms with Crippen molar-refractivity contribution in [1.82, 2.24) is 20.0 Å². The van der Waals surface area contributed by atoms with Crippen molar-refractivity contribution in [3.8, 4) is 0 Å². The first-order valence-corrected chi connectivity index (χ1v) is 14.9. The number of benzene rings is 1. The van der Waals surface area contributed by atoms with Crippen molar-refractivity contribution in [2.24, 2.45) is 11.8 Å². The van der Waals surface area contributed by atoms with E-state index in [1.807, 2.05) is 23.1 Å². The molecule has 1 aliphatic carbocycles. The minimum absolute atomic E-state index is 0.00178. The molecule has 6 rings (SSSR count). The summed E-state index contributed by atoms with van der Waals surface area (Å²) in [5, 5.41) is 14.1. The predicted octanol–water partition coefficient (Wildman–Crippen LogP) is 6.26. The van der Waals surface area contributed by atoms with E-state index in [1.165, 1.54) is 0 Å². The van der Waals surface area contributed by atoms with Crippen molar-refractivity contribution in [2.75, 3.05) is 29.0 Å². The Hall–Kier alpha value is -4.18. The van der Waals surface area contributed by atoms with Gasteiger partial charge in [0.1, 0.15) is 10.8 Å². The van der Waals surface area contributed by atoms with Gasteiger partial charge in [-0.05, 0) is 87.1 Å². The summed E-state index contributed by atoms with van der Waals surface area (Å²) in [6.45, 7) is 3.10. The summed E-state index contributed by atoms with van der Waals surface area (Å²) in [4.78, 5) is 36.5. The molecule has 1 saturated heterocycles. The van der Waals surface area contributed by atoms with E-state index < -0.39 is 0 Å². The first-order chi connectivity index (χ1) is 20.4. The van der Waals surface area contributed by atoms with E-state index >= 15 is 0 Å². The number of hydrogen-bond donors (Lipinski definition) is 3. The third kappa shape index (κ3) is 6.65. The molecular weight excluding hydrogens is 554 g/mol. The molecule has 0 radical (unpaired) electrons. The van der Waals surface area contributed by atoms with Gasteiger partial charge in [-0.1, -0.05) is 28.9 Å². The normalized spacial score (nSPS) is 18.5. The minimum atomic E-state index is -0.0928. The second-order valence-corrected chi connectivity index (χ2v) is 11.6. The van der Waals surface area contributed by atoms with Crippen molar-refractivity contribution < 1.29 is 14.1 Å². The second kappa shape index (κ2) is 12.4. The fourth-order valence-corrected chi connectivity index (χ4v) is 5.92. The van der Waals surface area contributed by atoms with E-state index in [-0.39, 0.29) is 11.8 Å². The van der Waals surface area contributed by atoms with Crippen LogP contribution in [0.2, 0.25) is 5.02 Å². The van der Waals surface area contributed by atoms with Crippen LogP contribution in [0.5, 0.6) is 0 Å². The second-order valence-electron chi connectivity index (χ2n) is 11.2. The van der Waals surface area contributed by atoms with Gasteiger partial charge in [-0.25, -0.2) is 4.98 Å². The molecule has 0 saturated carbocycles. The summed E-state index contributed by atoms with van der Waals surface area (Å²) in [6, 6.07) is 7.60. The minimum Gasteiger partial charge on any atom is -0.361 e. The number of nitrogens with one attached hydrogen (secondary N) is 3. The molecule has 10 nitrogen and oxygen atoms in total. The number of hydrogen-bond acceptors (Lipinski definition) is 8. The number of fused-ring (bicyclic) bond motifs is 6. The van der Waals surface area contributed by atoms with Gasteiger partial charge in [0.15, 0.2) is 11.5 Å². The zero-order chi connectivity index (χ0) is 29.1. The van der Waals surface area contributed by atoms with Gasteiger partial charge in [0.25, 0.3) is 5.91 Å². The number of nitrogens with zero attached hydrogens (tertiary/aromatic N) is 4. The van der Waals surface area contributed by atoms with E-state index in [1.54, 1.807) is 19.2 Å². The highest BCUT2D eigenvalue weighted by Gasteiger charge is 2.26. The van der Waals surface area contributed by atoms with Crippen LogP contribution in [-0.4, -0.2) is 44.9 Å². The molecule has 1 unspecified atom stereocenters. The van der Waals surface area contributed by atoms with Crippen molar-refractivity contribution >= 4 is 46.6 Å². The largest absolute Gasteiger partial charge is 0.361 e. The number of carbonyl (C=O) groups is 2. The average Bonchev–Trinajstić information content (AvgIpc) is 3.43. The van der Waals surface area contributed by atoms with Crippen molar-refractivity contribution in [3.05, 3.63) is 76.4 Å². The lowest BCUT2D eigenvalue weighted by atomic mass is 9.91.